The van der Waals surface area contributed by atoms with Crippen LogP contribution < -0.4 is 5.32 Å². The van der Waals surface area contributed by atoms with E-state index in [-0.39, 0.29) is 11.1 Å². The third-order valence-electron chi connectivity index (χ3n) is 3.85. The van der Waals surface area contributed by atoms with E-state index in [0.717, 1.165) is 11.7 Å². The summed E-state index contributed by atoms with van der Waals surface area (Å²) < 4.78 is 8.35. The fourth-order valence-corrected chi connectivity index (χ4v) is 3.49. The molecule has 0 radical (unpaired) electrons. The maximum Gasteiger partial charge on any atom is 0.334 e. The highest BCUT2D eigenvalue weighted by Gasteiger charge is 2.37. The van der Waals surface area contributed by atoms with Crippen molar-refractivity contribution in [3.05, 3.63) is 46.3 Å². The summed E-state index contributed by atoms with van der Waals surface area (Å²) in [5.41, 5.74) is 2.54. The number of carboxylic acids is 2. The second kappa shape index (κ2) is 5.47. The normalized spacial score (nSPS) is 15.9. The maximum absolute atomic E-state index is 11.8. The van der Waals surface area contributed by atoms with Gasteiger partial charge in [0.1, 0.15) is 11.0 Å². The number of nitrogens with one attached hydrogen (secondary N) is 1. The molecule has 2 heterocycles. The van der Waals surface area contributed by atoms with E-state index in [1.54, 1.807) is 32.0 Å². The third kappa shape index (κ3) is 2.36. The highest BCUT2D eigenvalue weighted by Crippen LogP contribution is 2.40. The lowest BCUT2D eigenvalue weighted by Crippen LogP contribution is -2.31. The zero-order valence-electron chi connectivity index (χ0n) is 12.3. The molecule has 3 rings (SSSR count). The second-order valence-corrected chi connectivity index (χ2v) is 5.75. The highest BCUT2D eigenvalue weighted by molar-refractivity contribution is 7.00. The van der Waals surface area contributed by atoms with Crippen molar-refractivity contribution < 1.29 is 19.8 Å². The van der Waals surface area contributed by atoms with Crippen molar-refractivity contribution >= 4 is 34.7 Å². The molecule has 0 unspecified atom stereocenters. The standard InChI is InChI=1S/C15H13N3O4S/c1-6-10(14(19)20)12(11(15(21)22)7(2)16-6)8-4-3-5-9-13(8)18-23-17-9/h3-5,12,16H,1-2H3,(H,19,20)(H,21,22). The number of carbonyl (C=O) groups is 2. The number of fused-ring (bicyclic) bond motifs is 1. The number of benzene rings is 1. The molecule has 0 spiro atoms. The lowest BCUT2D eigenvalue weighted by Gasteiger charge is -2.28. The number of carboxylic acid groups (broad SMARTS) is 2. The summed E-state index contributed by atoms with van der Waals surface area (Å²) in [6, 6.07) is 5.19. The summed E-state index contributed by atoms with van der Waals surface area (Å²) in [6.07, 6.45) is 0. The average Bonchev–Trinajstić information content (AvgIpc) is 2.93. The molecule has 0 saturated carbocycles. The van der Waals surface area contributed by atoms with Gasteiger partial charge >= 0.3 is 11.9 Å². The molecule has 1 aromatic heterocycles. The summed E-state index contributed by atoms with van der Waals surface area (Å²) in [4.78, 5) is 23.5. The smallest absolute Gasteiger partial charge is 0.334 e. The molecule has 0 bridgehead atoms. The summed E-state index contributed by atoms with van der Waals surface area (Å²) in [6.45, 7) is 3.25. The first-order valence-electron chi connectivity index (χ1n) is 6.78. The number of hydrogen-bond donors (Lipinski definition) is 3. The SMILES string of the molecule is CC1=C(C(=O)O)C(c2cccc3nsnc23)C(C(=O)O)=C(C)N1. The van der Waals surface area contributed by atoms with E-state index in [9.17, 15) is 19.8 Å². The number of nitrogens with zero attached hydrogens (tertiary/aromatic N) is 2. The van der Waals surface area contributed by atoms with Crippen LogP contribution in [0.1, 0.15) is 25.3 Å². The van der Waals surface area contributed by atoms with Gasteiger partial charge in [-0.2, -0.15) is 8.75 Å². The number of rotatable bonds is 3. The van der Waals surface area contributed by atoms with Gasteiger partial charge in [-0.1, -0.05) is 12.1 Å². The van der Waals surface area contributed by atoms with Crippen LogP contribution >= 0.6 is 11.7 Å². The van der Waals surface area contributed by atoms with E-state index >= 15 is 0 Å². The summed E-state index contributed by atoms with van der Waals surface area (Å²) in [5.74, 6) is -3.23. The Hall–Kier alpha value is -2.74. The van der Waals surface area contributed by atoms with Crippen LogP contribution in [0, 0.1) is 0 Å². The Morgan fingerprint density at radius 3 is 2.26 bits per heavy atom. The van der Waals surface area contributed by atoms with Crippen LogP contribution in [0.25, 0.3) is 11.0 Å². The van der Waals surface area contributed by atoms with Gasteiger partial charge in [0.25, 0.3) is 0 Å². The molecule has 2 aromatic rings. The molecule has 1 aliphatic heterocycles. The van der Waals surface area contributed by atoms with Crippen molar-refractivity contribution in [2.75, 3.05) is 0 Å². The van der Waals surface area contributed by atoms with Crippen molar-refractivity contribution in [2.24, 2.45) is 0 Å². The topological polar surface area (TPSA) is 112 Å². The van der Waals surface area contributed by atoms with Gasteiger partial charge < -0.3 is 15.5 Å². The minimum Gasteiger partial charge on any atom is -0.478 e. The van der Waals surface area contributed by atoms with Crippen LogP contribution in [0.4, 0.5) is 0 Å². The monoisotopic (exact) mass is 331 g/mol. The number of hydrogen-bond acceptors (Lipinski definition) is 6. The lowest BCUT2D eigenvalue weighted by molar-refractivity contribution is -0.133. The molecule has 0 aliphatic carbocycles. The quantitative estimate of drug-likeness (QED) is 0.789. The van der Waals surface area contributed by atoms with Crippen molar-refractivity contribution in [3.8, 4) is 0 Å². The maximum atomic E-state index is 11.8. The predicted octanol–water partition coefficient (Wildman–Crippen LogP) is 2.10. The van der Waals surface area contributed by atoms with Gasteiger partial charge in [0.2, 0.25) is 0 Å². The van der Waals surface area contributed by atoms with Crippen molar-refractivity contribution in [2.45, 2.75) is 19.8 Å². The van der Waals surface area contributed by atoms with Gasteiger partial charge in [0.05, 0.1) is 28.8 Å². The number of aliphatic carboxylic acids is 2. The van der Waals surface area contributed by atoms with Crippen LogP contribution in [0.3, 0.4) is 0 Å². The zero-order chi connectivity index (χ0) is 16.7. The summed E-state index contributed by atoms with van der Waals surface area (Å²) >= 11 is 1.01. The predicted molar refractivity (Wildman–Crippen MR) is 84.0 cm³/mol. The molecule has 23 heavy (non-hydrogen) atoms. The fraction of sp³-hybridized carbons (Fsp3) is 0.200. The van der Waals surface area contributed by atoms with Crippen molar-refractivity contribution in [1.82, 2.24) is 14.1 Å². The fourth-order valence-electron chi connectivity index (χ4n) is 2.93. The Kier molecular flexibility index (Phi) is 3.61. The summed E-state index contributed by atoms with van der Waals surface area (Å²) in [5, 5.41) is 22.1. The first-order valence-corrected chi connectivity index (χ1v) is 7.51. The largest absolute Gasteiger partial charge is 0.478 e. The van der Waals surface area contributed by atoms with Crippen LogP contribution in [-0.4, -0.2) is 30.9 Å². The Morgan fingerprint density at radius 2 is 1.70 bits per heavy atom. The number of allylic oxidation sites excluding steroid dienone is 2. The van der Waals surface area contributed by atoms with Crippen LogP contribution in [0.5, 0.6) is 0 Å². The molecular formula is C15H13N3O4S. The summed E-state index contributed by atoms with van der Waals surface area (Å²) in [7, 11) is 0. The number of dihydropyridines is 1. The minimum atomic E-state index is -1.16. The van der Waals surface area contributed by atoms with Gasteiger partial charge in [-0.05, 0) is 25.5 Å². The molecule has 7 nitrogen and oxygen atoms in total. The Labute approximate surface area is 135 Å². The van der Waals surface area contributed by atoms with Gasteiger partial charge in [-0.15, -0.1) is 0 Å². The molecule has 118 valence electrons. The molecule has 3 N–H and O–H groups in total. The molecule has 0 fully saturated rings. The molecule has 0 atom stereocenters. The third-order valence-corrected chi connectivity index (χ3v) is 4.39. The van der Waals surface area contributed by atoms with E-state index in [1.165, 1.54) is 0 Å². The van der Waals surface area contributed by atoms with Crippen LogP contribution in [0.2, 0.25) is 0 Å². The lowest BCUT2D eigenvalue weighted by atomic mass is 9.80. The Balaban J connectivity index is 2.33. The Bertz CT molecular complexity index is 861. The first kappa shape index (κ1) is 15.2. The Morgan fingerprint density at radius 1 is 1.09 bits per heavy atom. The average molecular weight is 331 g/mol. The van der Waals surface area contributed by atoms with Gasteiger partial charge in [-0.3, -0.25) is 0 Å². The highest BCUT2D eigenvalue weighted by atomic mass is 32.1. The van der Waals surface area contributed by atoms with Gasteiger partial charge in [-0.25, -0.2) is 9.59 Å². The number of aromatic nitrogens is 2. The van der Waals surface area contributed by atoms with E-state index in [2.05, 4.69) is 14.1 Å². The van der Waals surface area contributed by atoms with Crippen LogP contribution in [0.15, 0.2) is 40.7 Å². The minimum absolute atomic E-state index is 0.00787. The van der Waals surface area contributed by atoms with E-state index < -0.39 is 17.9 Å². The first-order chi connectivity index (χ1) is 10.9. The zero-order valence-corrected chi connectivity index (χ0v) is 13.1. The second-order valence-electron chi connectivity index (χ2n) is 5.22. The van der Waals surface area contributed by atoms with Gasteiger partial charge in [0.15, 0.2) is 0 Å². The van der Waals surface area contributed by atoms with Crippen molar-refractivity contribution in [1.29, 1.82) is 0 Å². The molecule has 0 amide bonds. The van der Waals surface area contributed by atoms with Crippen molar-refractivity contribution in [3.63, 3.8) is 0 Å². The molecule has 0 saturated heterocycles. The van der Waals surface area contributed by atoms with E-state index in [1.807, 2.05) is 0 Å². The molecule has 8 heteroatoms. The van der Waals surface area contributed by atoms with E-state index in [0.29, 0.717) is 28.0 Å². The molecule has 1 aromatic carbocycles. The van der Waals surface area contributed by atoms with Gasteiger partial charge in [0, 0.05) is 11.4 Å². The van der Waals surface area contributed by atoms with E-state index in [4.69, 9.17) is 0 Å². The molecular weight excluding hydrogens is 318 g/mol. The van der Waals surface area contributed by atoms with Crippen LogP contribution in [-0.2, 0) is 9.59 Å². The molecule has 1 aliphatic rings.